The molecule has 0 fully saturated rings. The van der Waals surface area contributed by atoms with E-state index in [1.165, 1.54) is 19.2 Å². The van der Waals surface area contributed by atoms with E-state index in [9.17, 15) is 14.9 Å². The molecule has 0 bridgehead atoms. The second kappa shape index (κ2) is 7.44. The van der Waals surface area contributed by atoms with Crippen LogP contribution in [0.4, 0.5) is 11.4 Å². The second-order valence-corrected chi connectivity index (χ2v) is 4.22. The van der Waals surface area contributed by atoms with E-state index in [0.717, 1.165) is 0 Å². The van der Waals surface area contributed by atoms with Crippen molar-refractivity contribution in [3.63, 3.8) is 0 Å². The lowest BCUT2D eigenvalue weighted by Gasteiger charge is -2.14. The lowest BCUT2D eigenvalue weighted by Crippen LogP contribution is -2.21. The van der Waals surface area contributed by atoms with E-state index in [1.54, 1.807) is 6.07 Å². The van der Waals surface area contributed by atoms with E-state index >= 15 is 0 Å². The fraction of sp³-hybridized carbons (Fsp3) is 0.462. The molecule has 7 heteroatoms. The molecule has 1 aromatic carbocycles. The first-order valence-electron chi connectivity index (χ1n) is 6.35. The second-order valence-electron chi connectivity index (χ2n) is 4.22. The molecule has 20 heavy (non-hydrogen) atoms. The molecule has 110 valence electrons. The molecule has 2 N–H and O–H groups in total. The minimum Gasteiger partial charge on any atom is -0.377 e. The molecule has 0 saturated carbocycles. The topological polar surface area (TPSA) is 93.5 Å². The van der Waals surface area contributed by atoms with Gasteiger partial charge in [-0.15, -0.1) is 0 Å². The van der Waals surface area contributed by atoms with Gasteiger partial charge in [0.25, 0.3) is 11.6 Å². The lowest BCUT2D eigenvalue weighted by molar-refractivity contribution is -0.384. The van der Waals surface area contributed by atoms with Gasteiger partial charge in [0.1, 0.15) is 5.69 Å². The van der Waals surface area contributed by atoms with Crippen molar-refractivity contribution in [1.29, 1.82) is 0 Å². The summed E-state index contributed by atoms with van der Waals surface area (Å²) in [4.78, 5) is 22.0. The van der Waals surface area contributed by atoms with Gasteiger partial charge in [-0.3, -0.25) is 14.9 Å². The van der Waals surface area contributed by atoms with Crippen molar-refractivity contribution in [2.75, 3.05) is 25.5 Å². The van der Waals surface area contributed by atoms with Gasteiger partial charge in [0.15, 0.2) is 0 Å². The monoisotopic (exact) mass is 281 g/mol. The number of benzene rings is 1. The van der Waals surface area contributed by atoms with E-state index in [4.69, 9.17) is 4.74 Å². The number of amides is 1. The molecule has 0 aliphatic rings. The van der Waals surface area contributed by atoms with Crippen LogP contribution in [-0.2, 0) is 4.74 Å². The molecule has 0 radical (unpaired) electrons. The number of hydrogen-bond acceptors (Lipinski definition) is 5. The summed E-state index contributed by atoms with van der Waals surface area (Å²) in [6, 6.07) is 4.33. The first kappa shape index (κ1) is 15.9. The molecule has 0 aliphatic carbocycles. The van der Waals surface area contributed by atoms with Crippen molar-refractivity contribution in [2.24, 2.45) is 0 Å². The fourth-order valence-corrected chi connectivity index (χ4v) is 1.71. The summed E-state index contributed by atoms with van der Waals surface area (Å²) in [5.41, 5.74) is 0.492. The van der Waals surface area contributed by atoms with E-state index in [1.807, 2.05) is 13.8 Å². The predicted molar refractivity (Wildman–Crippen MR) is 76.1 cm³/mol. The van der Waals surface area contributed by atoms with Crippen LogP contribution in [0.5, 0.6) is 0 Å². The van der Waals surface area contributed by atoms with Gasteiger partial charge >= 0.3 is 0 Å². The summed E-state index contributed by atoms with van der Waals surface area (Å²) < 4.78 is 5.35. The molecule has 0 saturated heterocycles. The van der Waals surface area contributed by atoms with Crippen LogP contribution in [0.3, 0.4) is 0 Å². The zero-order valence-corrected chi connectivity index (χ0v) is 11.8. The number of carbonyl (C=O) groups is 1. The summed E-state index contributed by atoms with van der Waals surface area (Å²) in [6.07, 6.45) is -0.0572. The van der Waals surface area contributed by atoms with E-state index in [2.05, 4.69) is 10.6 Å². The normalized spacial score (nSPS) is 11.8. The number of carbonyl (C=O) groups excluding carboxylic acids is 1. The Hall–Kier alpha value is -2.15. The van der Waals surface area contributed by atoms with E-state index in [-0.39, 0.29) is 23.3 Å². The summed E-state index contributed by atoms with van der Waals surface area (Å²) in [7, 11) is 1.48. The van der Waals surface area contributed by atoms with E-state index in [0.29, 0.717) is 18.8 Å². The average Bonchev–Trinajstić information content (AvgIpc) is 2.44. The highest BCUT2D eigenvalue weighted by molar-refractivity contribution is 5.95. The van der Waals surface area contributed by atoms with Crippen molar-refractivity contribution >= 4 is 17.3 Å². The van der Waals surface area contributed by atoms with Gasteiger partial charge in [0.2, 0.25) is 0 Å². The third kappa shape index (κ3) is 4.20. The Morgan fingerprint density at radius 3 is 2.75 bits per heavy atom. The van der Waals surface area contributed by atoms with Crippen LogP contribution < -0.4 is 10.6 Å². The van der Waals surface area contributed by atoms with Gasteiger partial charge in [-0.2, -0.15) is 0 Å². The molecule has 7 nitrogen and oxygen atoms in total. The SMILES string of the molecule is CCOC(C)CNc1ccc(C(=O)NC)cc1[N+](=O)[O-]. The zero-order valence-electron chi connectivity index (χ0n) is 11.8. The molecule has 1 rings (SSSR count). The lowest BCUT2D eigenvalue weighted by atomic mass is 10.1. The van der Waals surface area contributed by atoms with Gasteiger partial charge in [0.05, 0.1) is 11.0 Å². The van der Waals surface area contributed by atoms with E-state index < -0.39 is 4.92 Å². The molecule has 0 aliphatic heterocycles. The first-order chi connectivity index (χ1) is 9.49. The van der Waals surface area contributed by atoms with Crippen molar-refractivity contribution < 1.29 is 14.5 Å². The van der Waals surface area contributed by atoms with Crippen LogP contribution in [0.15, 0.2) is 18.2 Å². The van der Waals surface area contributed by atoms with Crippen LogP contribution in [0.1, 0.15) is 24.2 Å². The standard InChI is InChI=1S/C13H19N3O4/c1-4-20-9(2)8-15-11-6-5-10(13(17)14-3)7-12(11)16(18)19/h5-7,9,15H,4,8H2,1-3H3,(H,14,17). The minimum absolute atomic E-state index is 0.0572. The van der Waals surface area contributed by atoms with Crippen molar-refractivity contribution in [3.8, 4) is 0 Å². The molecule has 1 aromatic rings. The third-order valence-corrected chi connectivity index (χ3v) is 2.71. The molecule has 0 heterocycles. The molecule has 1 unspecified atom stereocenters. The fourth-order valence-electron chi connectivity index (χ4n) is 1.71. The number of hydrogen-bond donors (Lipinski definition) is 2. The summed E-state index contributed by atoms with van der Waals surface area (Å²) >= 11 is 0. The Balaban J connectivity index is 2.90. The number of nitrogens with one attached hydrogen (secondary N) is 2. The number of rotatable bonds is 7. The first-order valence-corrected chi connectivity index (χ1v) is 6.35. The maximum atomic E-state index is 11.5. The highest BCUT2D eigenvalue weighted by Gasteiger charge is 2.17. The van der Waals surface area contributed by atoms with Crippen molar-refractivity contribution in [1.82, 2.24) is 5.32 Å². The van der Waals surface area contributed by atoms with Crippen LogP contribution in [0, 0.1) is 10.1 Å². The Labute approximate surface area is 117 Å². The maximum Gasteiger partial charge on any atom is 0.293 e. The number of nitro groups is 1. The van der Waals surface area contributed by atoms with Gasteiger partial charge in [-0.05, 0) is 26.0 Å². The number of ether oxygens (including phenoxy) is 1. The highest BCUT2D eigenvalue weighted by atomic mass is 16.6. The van der Waals surface area contributed by atoms with Gasteiger partial charge in [0, 0.05) is 31.8 Å². The van der Waals surface area contributed by atoms with Crippen LogP contribution in [0.25, 0.3) is 0 Å². The van der Waals surface area contributed by atoms with Gasteiger partial charge in [-0.1, -0.05) is 0 Å². The molecular formula is C13H19N3O4. The average molecular weight is 281 g/mol. The maximum absolute atomic E-state index is 11.5. The smallest absolute Gasteiger partial charge is 0.293 e. The Morgan fingerprint density at radius 2 is 2.20 bits per heavy atom. The largest absolute Gasteiger partial charge is 0.377 e. The van der Waals surface area contributed by atoms with Crippen molar-refractivity contribution in [2.45, 2.75) is 20.0 Å². The summed E-state index contributed by atoms with van der Waals surface area (Å²) in [5.74, 6) is -0.359. The van der Waals surface area contributed by atoms with Crippen LogP contribution >= 0.6 is 0 Å². The Morgan fingerprint density at radius 1 is 1.50 bits per heavy atom. The molecule has 0 aromatic heterocycles. The quantitative estimate of drug-likeness (QED) is 0.587. The zero-order chi connectivity index (χ0) is 15.1. The highest BCUT2D eigenvalue weighted by Crippen LogP contribution is 2.25. The minimum atomic E-state index is -0.514. The molecule has 1 atom stereocenters. The number of nitro benzene ring substituents is 1. The third-order valence-electron chi connectivity index (χ3n) is 2.71. The summed E-state index contributed by atoms with van der Waals surface area (Å²) in [5, 5.41) is 16.5. The molecule has 1 amide bonds. The Bertz CT molecular complexity index is 491. The van der Waals surface area contributed by atoms with Crippen LogP contribution in [-0.4, -0.2) is 37.1 Å². The Kier molecular flexibility index (Phi) is 5.92. The van der Waals surface area contributed by atoms with Gasteiger partial charge in [-0.25, -0.2) is 0 Å². The van der Waals surface area contributed by atoms with Gasteiger partial charge < -0.3 is 15.4 Å². The molecule has 0 spiro atoms. The number of anilines is 1. The van der Waals surface area contributed by atoms with Crippen molar-refractivity contribution in [3.05, 3.63) is 33.9 Å². The van der Waals surface area contributed by atoms with Crippen LogP contribution in [0.2, 0.25) is 0 Å². The molecular weight excluding hydrogens is 262 g/mol. The number of nitrogens with zero attached hydrogens (tertiary/aromatic N) is 1. The predicted octanol–water partition coefficient (Wildman–Crippen LogP) is 1.79. The summed E-state index contributed by atoms with van der Waals surface area (Å²) in [6.45, 7) is 4.80.